The fourth-order valence-corrected chi connectivity index (χ4v) is 2.21. The Morgan fingerprint density at radius 2 is 2.06 bits per heavy atom. The first-order valence-corrected chi connectivity index (χ1v) is 6.01. The second kappa shape index (κ2) is 4.59. The van der Waals surface area contributed by atoms with Crippen LogP contribution in [0.3, 0.4) is 0 Å². The van der Waals surface area contributed by atoms with E-state index < -0.39 is 0 Å². The van der Waals surface area contributed by atoms with E-state index in [9.17, 15) is 0 Å². The molecule has 1 unspecified atom stereocenters. The molecule has 0 radical (unpaired) electrons. The number of anilines is 1. The van der Waals surface area contributed by atoms with Crippen molar-refractivity contribution in [1.82, 2.24) is 9.78 Å². The van der Waals surface area contributed by atoms with Crippen LogP contribution in [0.1, 0.15) is 24.1 Å². The normalized spacial score (nSPS) is 12.7. The molecule has 2 rings (SSSR count). The van der Waals surface area contributed by atoms with Crippen LogP contribution >= 0.6 is 23.2 Å². The molecule has 3 nitrogen and oxygen atoms in total. The van der Waals surface area contributed by atoms with Gasteiger partial charge in [0.15, 0.2) is 0 Å². The number of nitrogens with two attached hydrogens (primary N) is 1. The Balaban J connectivity index is 2.47. The Hall–Kier alpha value is -1.19. The maximum absolute atomic E-state index is 6.18. The predicted octanol–water partition coefficient (Wildman–Crippen LogP) is 3.69. The van der Waals surface area contributed by atoms with Gasteiger partial charge in [0.1, 0.15) is 5.82 Å². The van der Waals surface area contributed by atoms with E-state index in [0.717, 1.165) is 11.1 Å². The van der Waals surface area contributed by atoms with Gasteiger partial charge in [-0.05, 0) is 25.5 Å². The van der Waals surface area contributed by atoms with Crippen LogP contribution in [0.4, 0.5) is 5.82 Å². The summed E-state index contributed by atoms with van der Waals surface area (Å²) in [6, 6.07) is 5.51. The molecule has 1 aromatic carbocycles. The zero-order chi connectivity index (χ0) is 12.6. The highest BCUT2D eigenvalue weighted by Gasteiger charge is 2.16. The van der Waals surface area contributed by atoms with Crippen LogP contribution in [-0.4, -0.2) is 9.78 Å². The quantitative estimate of drug-likeness (QED) is 0.904. The van der Waals surface area contributed by atoms with Crippen LogP contribution in [0, 0.1) is 6.92 Å². The summed E-state index contributed by atoms with van der Waals surface area (Å²) in [6.07, 6.45) is 1.74. The number of nitrogen functional groups attached to an aromatic ring is 1. The average Bonchev–Trinajstić information content (AvgIpc) is 2.63. The fraction of sp³-hybridized carbons (Fsp3) is 0.250. The van der Waals surface area contributed by atoms with Crippen molar-refractivity contribution >= 4 is 29.0 Å². The largest absolute Gasteiger partial charge is 0.384 e. The summed E-state index contributed by atoms with van der Waals surface area (Å²) >= 11 is 12.2. The van der Waals surface area contributed by atoms with E-state index in [4.69, 9.17) is 28.9 Å². The summed E-state index contributed by atoms with van der Waals surface area (Å²) in [7, 11) is 0. The van der Waals surface area contributed by atoms with Gasteiger partial charge in [0, 0.05) is 5.56 Å². The molecule has 0 fully saturated rings. The van der Waals surface area contributed by atoms with Crippen LogP contribution in [0.5, 0.6) is 0 Å². The molecule has 0 saturated heterocycles. The Morgan fingerprint density at radius 3 is 2.65 bits per heavy atom. The summed E-state index contributed by atoms with van der Waals surface area (Å²) in [6.45, 7) is 3.91. The average molecular weight is 270 g/mol. The third kappa shape index (κ3) is 2.13. The van der Waals surface area contributed by atoms with Crippen LogP contribution in [-0.2, 0) is 0 Å². The van der Waals surface area contributed by atoms with Crippen molar-refractivity contribution in [3.8, 4) is 0 Å². The van der Waals surface area contributed by atoms with Gasteiger partial charge in [-0.1, -0.05) is 35.3 Å². The van der Waals surface area contributed by atoms with Gasteiger partial charge < -0.3 is 5.73 Å². The molecule has 0 bridgehead atoms. The van der Waals surface area contributed by atoms with Gasteiger partial charge in [0.05, 0.1) is 22.3 Å². The zero-order valence-corrected chi connectivity index (χ0v) is 11.1. The highest BCUT2D eigenvalue weighted by Crippen LogP contribution is 2.32. The first-order chi connectivity index (χ1) is 8.02. The predicted molar refractivity (Wildman–Crippen MR) is 71.7 cm³/mol. The van der Waals surface area contributed by atoms with Crippen molar-refractivity contribution in [2.24, 2.45) is 0 Å². The molecule has 0 amide bonds. The summed E-state index contributed by atoms with van der Waals surface area (Å²) in [4.78, 5) is 0. The molecule has 1 heterocycles. The molecule has 2 aromatic rings. The van der Waals surface area contributed by atoms with Gasteiger partial charge in [-0.25, -0.2) is 4.68 Å². The van der Waals surface area contributed by atoms with Gasteiger partial charge in [0.25, 0.3) is 0 Å². The lowest BCUT2D eigenvalue weighted by Gasteiger charge is -2.16. The molecule has 0 aliphatic heterocycles. The van der Waals surface area contributed by atoms with E-state index in [1.54, 1.807) is 16.9 Å². The van der Waals surface area contributed by atoms with Crippen LogP contribution in [0.25, 0.3) is 0 Å². The molecular weight excluding hydrogens is 257 g/mol. The van der Waals surface area contributed by atoms with E-state index in [1.807, 2.05) is 26.0 Å². The Kier molecular flexibility index (Phi) is 3.31. The van der Waals surface area contributed by atoms with Gasteiger partial charge in [-0.15, -0.1) is 0 Å². The maximum atomic E-state index is 6.18. The highest BCUT2D eigenvalue weighted by molar-refractivity contribution is 6.42. The SMILES string of the molecule is Cc1cnn(C(C)c2cccc(Cl)c2Cl)c1N. The van der Waals surface area contributed by atoms with Crippen molar-refractivity contribution in [3.63, 3.8) is 0 Å². The Bertz CT molecular complexity index is 549. The summed E-state index contributed by atoms with van der Waals surface area (Å²) < 4.78 is 1.74. The van der Waals surface area contributed by atoms with Crippen LogP contribution in [0.15, 0.2) is 24.4 Å². The maximum Gasteiger partial charge on any atom is 0.125 e. The number of nitrogens with zero attached hydrogens (tertiary/aromatic N) is 2. The minimum Gasteiger partial charge on any atom is -0.384 e. The third-order valence-corrected chi connectivity index (χ3v) is 3.66. The number of hydrogen-bond acceptors (Lipinski definition) is 2. The number of aryl methyl sites for hydroxylation is 1. The van der Waals surface area contributed by atoms with E-state index in [-0.39, 0.29) is 6.04 Å². The van der Waals surface area contributed by atoms with Crippen molar-refractivity contribution in [3.05, 3.63) is 45.6 Å². The third-order valence-electron chi connectivity index (χ3n) is 2.83. The first-order valence-electron chi connectivity index (χ1n) is 5.26. The number of benzene rings is 1. The lowest BCUT2D eigenvalue weighted by molar-refractivity contribution is 0.573. The zero-order valence-electron chi connectivity index (χ0n) is 9.61. The van der Waals surface area contributed by atoms with Gasteiger partial charge in [0.2, 0.25) is 0 Å². The Morgan fingerprint density at radius 1 is 1.35 bits per heavy atom. The van der Waals surface area contributed by atoms with Crippen LogP contribution < -0.4 is 5.73 Å². The summed E-state index contributed by atoms with van der Waals surface area (Å²) in [5.74, 6) is 0.647. The molecule has 0 aliphatic carbocycles. The fourth-order valence-electron chi connectivity index (χ4n) is 1.74. The van der Waals surface area contributed by atoms with E-state index >= 15 is 0 Å². The molecular formula is C12H13Cl2N3. The lowest BCUT2D eigenvalue weighted by Crippen LogP contribution is -2.12. The summed E-state index contributed by atoms with van der Waals surface area (Å²) in [5, 5.41) is 5.34. The standard InChI is InChI=1S/C12H13Cl2N3/c1-7-6-16-17(12(7)15)8(2)9-4-3-5-10(13)11(9)14/h3-6,8H,15H2,1-2H3. The smallest absolute Gasteiger partial charge is 0.125 e. The second-order valence-corrected chi connectivity index (χ2v) is 4.76. The molecule has 2 N–H and O–H groups in total. The molecule has 90 valence electrons. The highest BCUT2D eigenvalue weighted by atomic mass is 35.5. The molecule has 1 atom stereocenters. The minimum atomic E-state index is -0.0464. The lowest BCUT2D eigenvalue weighted by atomic mass is 10.1. The van der Waals surface area contributed by atoms with Crippen molar-refractivity contribution in [1.29, 1.82) is 0 Å². The van der Waals surface area contributed by atoms with Gasteiger partial charge in [-0.3, -0.25) is 0 Å². The molecule has 1 aromatic heterocycles. The second-order valence-electron chi connectivity index (χ2n) is 3.98. The van der Waals surface area contributed by atoms with Gasteiger partial charge in [-0.2, -0.15) is 5.10 Å². The molecule has 0 spiro atoms. The molecule has 5 heteroatoms. The van der Waals surface area contributed by atoms with Crippen molar-refractivity contribution < 1.29 is 0 Å². The first kappa shape index (κ1) is 12.3. The number of rotatable bonds is 2. The number of halogens is 2. The topological polar surface area (TPSA) is 43.8 Å². The number of hydrogen-bond donors (Lipinski definition) is 1. The van der Waals surface area contributed by atoms with Crippen molar-refractivity contribution in [2.75, 3.05) is 5.73 Å². The van der Waals surface area contributed by atoms with Crippen molar-refractivity contribution in [2.45, 2.75) is 19.9 Å². The van der Waals surface area contributed by atoms with Gasteiger partial charge >= 0.3 is 0 Å². The Labute approximate surface area is 110 Å². The molecule has 0 saturated carbocycles. The molecule has 0 aliphatic rings. The molecule has 17 heavy (non-hydrogen) atoms. The van der Waals surface area contributed by atoms with Crippen LogP contribution in [0.2, 0.25) is 10.0 Å². The summed E-state index contributed by atoms with van der Waals surface area (Å²) in [5.41, 5.74) is 7.82. The monoisotopic (exact) mass is 269 g/mol. The number of aromatic nitrogens is 2. The minimum absolute atomic E-state index is 0.0464. The van der Waals surface area contributed by atoms with E-state index in [2.05, 4.69) is 5.10 Å². The van der Waals surface area contributed by atoms with E-state index in [1.165, 1.54) is 0 Å². The van der Waals surface area contributed by atoms with E-state index in [0.29, 0.717) is 15.9 Å².